The first-order valence-electron chi connectivity index (χ1n) is 11.5. The number of carbonyl (C=O) groups is 2. The number of methoxy groups -OCH3 is 2. The molecule has 0 fully saturated rings. The van der Waals surface area contributed by atoms with E-state index in [0.29, 0.717) is 22.6 Å². The first-order chi connectivity index (χ1) is 17.6. The summed E-state index contributed by atoms with van der Waals surface area (Å²) in [6, 6.07) is 15.7. The molecular weight excluding hydrogens is 496 g/mol. The zero-order valence-electron chi connectivity index (χ0n) is 21.4. The molecule has 9 nitrogen and oxygen atoms in total. The van der Waals surface area contributed by atoms with E-state index in [9.17, 15) is 18.0 Å². The number of benzene rings is 3. The monoisotopic (exact) mass is 526 g/mol. The van der Waals surface area contributed by atoms with E-state index in [-0.39, 0.29) is 22.9 Å². The summed E-state index contributed by atoms with van der Waals surface area (Å²) in [4.78, 5) is 25.2. The molecule has 3 rings (SSSR count). The third-order valence-electron chi connectivity index (χ3n) is 5.56. The number of nitrogens with zero attached hydrogens (tertiary/aromatic N) is 1. The maximum Gasteiger partial charge on any atom is 0.338 e. The Morgan fingerprint density at radius 1 is 0.919 bits per heavy atom. The summed E-state index contributed by atoms with van der Waals surface area (Å²) in [6.07, 6.45) is 0. The van der Waals surface area contributed by atoms with Crippen LogP contribution < -0.4 is 19.1 Å². The molecule has 0 aliphatic rings. The van der Waals surface area contributed by atoms with E-state index in [1.54, 1.807) is 50.2 Å². The number of anilines is 2. The molecule has 0 unspecified atom stereocenters. The molecular formula is C27H30N2O7S. The van der Waals surface area contributed by atoms with E-state index in [0.717, 1.165) is 9.87 Å². The Labute approximate surface area is 217 Å². The number of hydrogen-bond acceptors (Lipinski definition) is 7. The van der Waals surface area contributed by atoms with Crippen molar-refractivity contribution in [2.75, 3.05) is 37.0 Å². The highest BCUT2D eigenvalue weighted by atomic mass is 32.2. The lowest BCUT2D eigenvalue weighted by molar-refractivity contribution is -0.114. The van der Waals surface area contributed by atoms with Gasteiger partial charge in [-0.3, -0.25) is 9.10 Å². The molecule has 1 amide bonds. The number of sulfonamides is 1. The summed E-state index contributed by atoms with van der Waals surface area (Å²) < 4.78 is 44.2. The van der Waals surface area contributed by atoms with Gasteiger partial charge in [-0.2, -0.15) is 0 Å². The fourth-order valence-electron chi connectivity index (χ4n) is 3.59. The highest BCUT2D eigenvalue weighted by molar-refractivity contribution is 7.92. The standard InChI is InChI=1S/C27H30N2O7S/c1-6-36-27(31)20-9-13-23(19(3)15-20)28-26(30)17-29(24-16-21(34-4)10-14-25(24)35-5)37(32,33)22-11-7-18(2)8-12-22/h7-16H,6,17H2,1-5H3,(H,28,30). The zero-order valence-corrected chi connectivity index (χ0v) is 22.2. The molecule has 3 aromatic rings. The highest BCUT2D eigenvalue weighted by Crippen LogP contribution is 2.35. The van der Waals surface area contributed by atoms with Gasteiger partial charge in [0.15, 0.2) is 0 Å². The minimum absolute atomic E-state index is 0.0192. The van der Waals surface area contributed by atoms with Gasteiger partial charge >= 0.3 is 5.97 Å². The first-order valence-corrected chi connectivity index (χ1v) is 12.9. The van der Waals surface area contributed by atoms with Gasteiger partial charge in [-0.1, -0.05) is 17.7 Å². The lowest BCUT2D eigenvalue weighted by atomic mass is 10.1. The molecule has 37 heavy (non-hydrogen) atoms. The fourth-order valence-corrected chi connectivity index (χ4v) is 5.02. The molecule has 0 aliphatic carbocycles. The number of carbonyl (C=O) groups excluding carboxylic acids is 2. The maximum absolute atomic E-state index is 13.7. The maximum atomic E-state index is 13.7. The lowest BCUT2D eigenvalue weighted by Crippen LogP contribution is -2.38. The molecule has 3 aromatic carbocycles. The second kappa shape index (κ2) is 11.8. The van der Waals surface area contributed by atoms with Gasteiger partial charge in [-0.05, 0) is 68.8 Å². The number of ether oxygens (including phenoxy) is 3. The number of hydrogen-bond donors (Lipinski definition) is 1. The van der Waals surface area contributed by atoms with E-state index >= 15 is 0 Å². The minimum atomic E-state index is -4.17. The SMILES string of the molecule is CCOC(=O)c1ccc(NC(=O)CN(c2cc(OC)ccc2OC)S(=O)(=O)c2ccc(C)cc2)c(C)c1. The fraction of sp³-hybridized carbons (Fsp3) is 0.259. The van der Waals surface area contributed by atoms with Crippen molar-refractivity contribution < 1.29 is 32.2 Å². The number of amides is 1. The number of nitrogens with one attached hydrogen (secondary N) is 1. The second-order valence-corrected chi connectivity index (χ2v) is 10.0. The molecule has 0 saturated carbocycles. The molecule has 0 aliphatic heterocycles. The molecule has 0 saturated heterocycles. The third-order valence-corrected chi connectivity index (χ3v) is 7.34. The van der Waals surface area contributed by atoms with Crippen LogP contribution in [0.1, 0.15) is 28.4 Å². The van der Waals surface area contributed by atoms with E-state index in [4.69, 9.17) is 14.2 Å². The highest BCUT2D eigenvalue weighted by Gasteiger charge is 2.30. The van der Waals surface area contributed by atoms with Crippen molar-refractivity contribution in [2.45, 2.75) is 25.7 Å². The van der Waals surface area contributed by atoms with Crippen LogP contribution in [0.25, 0.3) is 0 Å². The van der Waals surface area contributed by atoms with Crippen LogP contribution in [0.5, 0.6) is 11.5 Å². The van der Waals surface area contributed by atoms with Crippen molar-refractivity contribution in [2.24, 2.45) is 0 Å². The Balaban J connectivity index is 1.99. The molecule has 0 bridgehead atoms. The van der Waals surface area contributed by atoms with Gasteiger partial charge in [0.2, 0.25) is 5.91 Å². The normalized spacial score (nSPS) is 10.9. The van der Waals surface area contributed by atoms with Crippen molar-refractivity contribution in [3.8, 4) is 11.5 Å². The summed E-state index contributed by atoms with van der Waals surface area (Å²) in [5.41, 5.74) is 2.44. The van der Waals surface area contributed by atoms with Crippen molar-refractivity contribution in [3.05, 3.63) is 77.4 Å². The average molecular weight is 527 g/mol. The molecule has 0 heterocycles. The Bertz CT molecular complexity index is 1390. The summed E-state index contributed by atoms with van der Waals surface area (Å²) in [5.74, 6) is -0.415. The molecule has 0 radical (unpaired) electrons. The average Bonchev–Trinajstić information content (AvgIpc) is 2.88. The molecule has 0 aromatic heterocycles. The predicted molar refractivity (Wildman–Crippen MR) is 141 cm³/mol. The Morgan fingerprint density at radius 3 is 2.22 bits per heavy atom. The van der Waals surface area contributed by atoms with Crippen molar-refractivity contribution in [3.63, 3.8) is 0 Å². The van der Waals surface area contributed by atoms with E-state index < -0.39 is 28.4 Å². The number of rotatable bonds is 10. The molecule has 196 valence electrons. The molecule has 1 N–H and O–H groups in total. The van der Waals surface area contributed by atoms with Crippen LogP contribution in [0.3, 0.4) is 0 Å². The Hall–Kier alpha value is -4.05. The summed E-state index contributed by atoms with van der Waals surface area (Å²) in [5, 5.41) is 2.74. The number of esters is 1. The lowest BCUT2D eigenvalue weighted by Gasteiger charge is -2.26. The Morgan fingerprint density at radius 2 is 1.62 bits per heavy atom. The Kier molecular flexibility index (Phi) is 8.77. The van der Waals surface area contributed by atoms with Crippen LogP contribution in [0.2, 0.25) is 0 Å². The quantitative estimate of drug-likeness (QED) is 0.392. The van der Waals surface area contributed by atoms with Crippen molar-refractivity contribution in [1.29, 1.82) is 0 Å². The summed E-state index contributed by atoms with van der Waals surface area (Å²) in [6.45, 7) is 4.99. The second-order valence-electron chi connectivity index (χ2n) is 8.16. The van der Waals surface area contributed by atoms with Crippen molar-refractivity contribution in [1.82, 2.24) is 0 Å². The smallest absolute Gasteiger partial charge is 0.338 e. The minimum Gasteiger partial charge on any atom is -0.497 e. The van der Waals surface area contributed by atoms with Gasteiger partial charge in [0, 0.05) is 11.8 Å². The van der Waals surface area contributed by atoms with Gasteiger partial charge in [0.25, 0.3) is 10.0 Å². The number of aryl methyl sites for hydroxylation is 2. The van der Waals surface area contributed by atoms with E-state index in [2.05, 4.69) is 5.32 Å². The van der Waals surface area contributed by atoms with Crippen LogP contribution >= 0.6 is 0 Å². The van der Waals surface area contributed by atoms with Gasteiger partial charge < -0.3 is 19.5 Å². The zero-order chi connectivity index (χ0) is 27.2. The molecule has 10 heteroatoms. The molecule has 0 spiro atoms. The third kappa shape index (κ3) is 6.39. The first kappa shape index (κ1) is 27.5. The van der Waals surface area contributed by atoms with Crippen LogP contribution in [0, 0.1) is 13.8 Å². The van der Waals surface area contributed by atoms with Gasteiger partial charge in [-0.15, -0.1) is 0 Å². The molecule has 0 atom stereocenters. The van der Waals surface area contributed by atoms with E-state index in [1.807, 2.05) is 6.92 Å². The van der Waals surface area contributed by atoms with Gasteiger partial charge in [-0.25, -0.2) is 13.2 Å². The van der Waals surface area contributed by atoms with Gasteiger partial charge in [0.05, 0.1) is 37.0 Å². The van der Waals surface area contributed by atoms with Crippen LogP contribution in [0.4, 0.5) is 11.4 Å². The topological polar surface area (TPSA) is 111 Å². The largest absolute Gasteiger partial charge is 0.497 e. The summed E-state index contributed by atoms with van der Waals surface area (Å²) >= 11 is 0. The summed E-state index contributed by atoms with van der Waals surface area (Å²) in [7, 11) is -1.30. The van der Waals surface area contributed by atoms with Crippen LogP contribution in [-0.2, 0) is 19.6 Å². The van der Waals surface area contributed by atoms with Crippen LogP contribution in [0.15, 0.2) is 65.6 Å². The predicted octanol–water partition coefficient (Wildman–Crippen LogP) is 4.33. The van der Waals surface area contributed by atoms with Gasteiger partial charge in [0.1, 0.15) is 18.0 Å². The van der Waals surface area contributed by atoms with Crippen molar-refractivity contribution >= 4 is 33.3 Å². The van der Waals surface area contributed by atoms with Crippen LogP contribution in [-0.4, -0.2) is 47.7 Å². The van der Waals surface area contributed by atoms with E-state index in [1.165, 1.54) is 38.5 Å².